The van der Waals surface area contributed by atoms with Crippen molar-refractivity contribution in [2.75, 3.05) is 0 Å². The second-order valence-corrected chi connectivity index (χ2v) is 4.13. The van der Waals surface area contributed by atoms with Gasteiger partial charge in [-0.05, 0) is 23.3 Å². The van der Waals surface area contributed by atoms with E-state index >= 15 is 0 Å². The summed E-state index contributed by atoms with van der Waals surface area (Å²) in [5.41, 5.74) is 1.72. The fourth-order valence-corrected chi connectivity index (χ4v) is 1.46. The van der Waals surface area contributed by atoms with E-state index in [1.807, 2.05) is 60.7 Å². The molecular weight excluding hydrogens is 378 g/mol. The maximum atomic E-state index is 9.97. The molecule has 6 N–H and O–H groups in total. The van der Waals surface area contributed by atoms with Crippen molar-refractivity contribution >= 4 is 24.1 Å². The SMILES string of the molecule is O=C([O-])/C=C/c1ccccc1.O=C([O-])/C=C/c1ccccc1.[OH3+].[OH3+].[Zn+2]. The van der Waals surface area contributed by atoms with Gasteiger partial charge in [0, 0.05) is 0 Å². The molecule has 0 aliphatic rings. The molecule has 25 heavy (non-hydrogen) atoms. The minimum Gasteiger partial charge on any atom is -0.545 e. The molecule has 0 spiro atoms. The van der Waals surface area contributed by atoms with Gasteiger partial charge in [-0.3, -0.25) is 0 Å². The van der Waals surface area contributed by atoms with Crippen LogP contribution in [0, 0.1) is 0 Å². The van der Waals surface area contributed by atoms with E-state index in [1.165, 1.54) is 12.2 Å². The Kier molecular flexibility index (Phi) is 17.7. The number of aliphatic carboxylic acids is 2. The fraction of sp³-hybridized carbons (Fsp3) is 0. The van der Waals surface area contributed by atoms with Gasteiger partial charge >= 0.3 is 19.5 Å². The summed E-state index contributed by atoms with van der Waals surface area (Å²) >= 11 is 0. The van der Waals surface area contributed by atoms with E-state index in [1.54, 1.807) is 0 Å². The largest absolute Gasteiger partial charge is 2.00 e. The van der Waals surface area contributed by atoms with Crippen molar-refractivity contribution in [3.63, 3.8) is 0 Å². The third kappa shape index (κ3) is 14.7. The molecule has 0 bridgehead atoms. The minimum atomic E-state index is -1.17. The Bertz CT molecular complexity index is 594. The third-order valence-corrected chi connectivity index (χ3v) is 2.42. The first-order valence-corrected chi connectivity index (χ1v) is 6.46. The number of carbonyl (C=O) groups excluding carboxylic acids is 2. The molecule has 0 atom stereocenters. The predicted octanol–water partition coefficient (Wildman–Crippen LogP) is -0.947. The average Bonchev–Trinajstić information content (AvgIpc) is 2.53. The molecule has 0 saturated heterocycles. The summed E-state index contributed by atoms with van der Waals surface area (Å²) in [6, 6.07) is 18.4. The summed E-state index contributed by atoms with van der Waals surface area (Å²) in [5, 5.41) is 19.9. The Morgan fingerprint density at radius 2 is 0.920 bits per heavy atom. The van der Waals surface area contributed by atoms with E-state index in [4.69, 9.17) is 0 Å². The molecule has 7 heteroatoms. The van der Waals surface area contributed by atoms with Gasteiger partial charge in [0.05, 0.1) is 11.9 Å². The molecule has 0 saturated carbocycles. The van der Waals surface area contributed by atoms with Gasteiger partial charge in [0.15, 0.2) is 0 Å². The van der Waals surface area contributed by atoms with Gasteiger partial charge in [0.2, 0.25) is 0 Å². The molecule has 0 fully saturated rings. The summed E-state index contributed by atoms with van der Waals surface area (Å²) in [7, 11) is 0. The Hall–Kier alpha value is -2.60. The van der Waals surface area contributed by atoms with Gasteiger partial charge in [-0.2, -0.15) is 0 Å². The number of carbonyl (C=O) groups is 2. The number of carboxylic acids is 2. The summed E-state index contributed by atoms with van der Waals surface area (Å²) in [4.78, 5) is 19.9. The molecule has 2 rings (SSSR count). The van der Waals surface area contributed by atoms with Gasteiger partial charge in [0.25, 0.3) is 0 Å². The maximum absolute atomic E-state index is 9.97. The molecule has 0 aromatic heterocycles. The number of rotatable bonds is 4. The Morgan fingerprint density at radius 1 is 0.640 bits per heavy atom. The standard InChI is InChI=1S/2C9H8O2.2H2O.Zn/c2*10-9(11)7-6-8-4-2-1-3-5-8;;;/h2*1-7H,(H,10,11);2*1H2;/q;;;;+2/b2*7-6+;;;. The number of carboxylic acid groups (broad SMARTS) is 2. The third-order valence-electron chi connectivity index (χ3n) is 2.42. The van der Waals surface area contributed by atoms with Gasteiger partial charge in [-0.15, -0.1) is 0 Å². The summed E-state index contributed by atoms with van der Waals surface area (Å²) < 4.78 is 0. The van der Waals surface area contributed by atoms with Crippen LogP contribution in [0.4, 0.5) is 0 Å². The van der Waals surface area contributed by atoms with E-state index in [-0.39, 0.29) is 30.4 Å². The zero-order valence-corrected chi connectivity index (χ0v) is 16.5. The number of benzene rings is 2. The van der Waals surface area contributed by atoms with E-state index in [2.05, 4.69) is 0 Å². The molecule has 128 valence electrons. The van der Waals surface area contributed by atoms with Crippen LogP contribution in [-0.4, -0.2) is 11.9 Å². The molecule has 0 aliphatic heterocycles. The van der Waals surface area contributed by atoms with Gasteiger partial charge in [0.1, 0.15) is 0 Å². The van der Waals surface area contributed by atoms with Crippen molar-refractivity contribution in [2.24, 2.45) is 0 Å². The zero-order valence-electron chi connectivity index (χ0n) is 13.6. The zero-order chi connectivity index (χ0) is 16.2. The van der Waals surface area contributed by atoms with E-state index in [0.29, 0.717) is 0 Å². The molecule has 0 heterocycles. The second kappa shape index (κ2) is 16.3. The van der Waals surface area contributed by atoms with Crippen LogP contribution in [0.3, 0.4) is 0 Å². The molecule has 2 aromatic rings. The first-order valence-electron chi connectivity index (χ1n) is 6.46. The number of hydrogen-bond acceptors (Lipinski definition) is 4. The van der Waals surface area contributed by atoms with Crippen LogP contribution < -0.4 is 10.2 Å². The Labute approximate surface area is 158 Å². The Balaban J connectivity index is -0.000000346. The predicted molar refractivity (Wildman–Crippen MR) is 90.7 cm³/mol. The van der Waals surface area contributed by atoms with Crippen LogP contribution in [0.25, 0.3) is 12.2 Å². The fourth-order valence-electron chi connectivity index (χ4n) is 1.46. The summed E-state index contributed by atoms with van der Waals surface area (Å²) in [6.45, 7) is 0. The van der Waals surface area contributed by atoms with E-state index in [9.17, 15) is 19.8 Å². The van der Waals surface area contributed by atoms with Crippen LogP contribution >= 0.6 is 0 Å². The summed E-state index contributed by atoms with van der Waals surface area (Å²) in [5.74, 6) is -2.34. The Morgan fingerprint density at radius 3 is 1.16 bits per heavy atom. The van der Waals surface area contributed by atoms with Crippen molar-refractivity contribution in [3.05, 3.63) is 83.9 Å². The maximum Gasteiger partial charge on any atom is 2.00 e. The first-order chi connectivity index (χ1) is 10.6. The van der Waals surface area contributed by atoms with Crippen molar-refractivity contribution in [1.29, 1.82) is 0 Å². The molecule has 0 amide bonds. The molecule has 2 aromatic carbocycles. The van der Waals surface area contributed by atoms with Crippen molar-refractivity contribution < 1.29 is 50.2 Å². The number of hydrogen-bond donors (Lipinski definition) is 0. The second-order valence-electron chi connectivity index (χ2n) is 4.13. The van der Waals surface area contributed by atoms with Crippen molar-refractivity contribution in [3.8, 4) is 0 Å². The average molecular weight is 398 g/mol. The quantitative estimate of drug-likeness (QED) is 0.372. The molecular formula is C18H20O6Zn+2. The van der Waals surface area contributed by atoms with Gasteiger partial charge < -0.3 is 30.8 Å². The van der Waals surface area contributed by atoms with Crippen LogP contribution in [0.2, 0.25) is 0 Å². The van der Waals surface area contributed by atoms with Crippen LogP contribution in [0.1, 0.15) is 11.1 Å². The molecule has 0 radical (unpaired) electrons. The van der Waals surface area contributed by atoms with Crippen molar-refractivity contribution in [2.45, 2.75) is 0 Å². The summed E-state index contributed by atoms with van der Waals surface area (Å²) in [6.07, 6.45) is 5.01. The van der Waals surface area contributed by atoms with Crippen molar-refractivity contribution in [1.82, 2.24) is 0 Å². The molecule has 0 aliphatic carbocycles. The van der Waals surface area contributed by atoms with Crippen LogP contribution in [-0.2, 0) is 40.0 Å². The van der Waals surface area contributed by atoms with Gasteiger partial charge in [-0.25, -0.2) is 0 Å². The minimum absolute atomic E-state index is 0. The normalized spacial score (nSPS) is 8.96. The smallest absolute Gasteiger partial charge is 0.545 e. The monoisotopic (exact) mass is 396 g/mol. The first kappa shape index (κ1) is 27.3. The topological polar surface area (TPSA) is 146 Å². The van der Waals surface area contributed by atoms with E-state index < -0.39 is 11.9 Å². The molecule has 6 nitrogen and oxygen atoms in total. The van der Waals surface area contributed by atoms with Crippen LogP contribution in [0.15, 0.2) is 72.8 Å². The molecule has 0 unspecified atom stereocenters. The van der Waals surface area contributed by atoms with Gasteiger partial charge in [-0.1, -0.05) is 72.8 Å². The van der Waals surface area contributed by atoms with E-state index in [0.717, 1.165) is 23.3 Å². The van der Waals surface area contributed by atoms with Crippen LogP contribution in [0.5, 0.6) is 0 Å².